The molecule has 3 heterocycles. The Morgan fingerprint density at radius 1 is 1.35 bits per heavy atom. The highest BCUT2D eigenvalue weighted by Gasteiger charge is 2.18. The molecule has 0 unspecified atom stereocenters. The van der Waals surface area contributed by atoms with Crippen LogP contribution in [-0.2, 0) is 11.2 Å². The Morgan fingerprint density at radius 2 is 2.12 bits per heavy atom. The molecule has 0 spiro atoms. The van der Waals surface area contributed by atoms with E-state index >= 15 is 0 Å². The molecule has 0 atom stereocenters. The molecule has 8 heteroatoms. The summed E-state index contributed by atoms with van der Waals surface area (Å²) >= 11 is 1.63. The van der Waals surface area contributed by atoms with Gasteiger partial charge in [-0.2, -0.15) is 0 Å². The van der Waals surface area contributed by atoms with Crippen LogP contribution in [0, 0.1) is 19.8 Å². The number of rotatable bonds is 6. The molecule has 0 aliphatic rings. The zero-order valence-electron chi connectivity index (χ0n) is 15.7. The number of amides is 1. The number of carbonyl (C=O) groups is 1. The number of likely N-dealkylation sites (N-methyl/N-ethyl adjacent to an activating group) is 1. The maximum absolute atomic E-state index is 12.4. The number of thiophene rings is 1. The van der Waals surface area contributed by atoms with Crippen molar-refractivity contribution in [3.8, 4) is 0 Å². The second-order valence-electron chi connectivity index (χ2n) is 6.86. The Kier molecular flexibility index (Phi) is 5.22. The first-order valence-corrected chi connectivity index (χ1v) is 9.40. The molecule has 0 saturated heterocycles. The molecule has 7 nitrogen and oxygen atoms in total. The summed E-state index contributed by atoms with van der Waals surface area (Å²) in [5, 5.41) is 9.72. The summed E-state index contributed by atoms with van der Waals surface area (Å²) in [6.07, 6.45) is 0.956. The monoisotopic (exact) mass is 373 g/mol. The van der Waals surface area contributed by atoms with Crippen LogP contribution < -0.4 is 10.2 Å². The molecule has 0 radical (unpaired) electrons. The van der Waals surface area contributed by atoms with E-state index in [4.69, 9.17) is 4.52 Å². The fourth-order valence-electron chi connectivity index (χ4n) is 2.85. The third-order valence-corrected chi connectivity index (χ3v) is 4.79. The fourth-order valence-corrected chi connectivity index (χ4v) is 3.84. The van der Waals surface area contributed by atoms with E-state index in [1.54, 1.807) is 24.3 Å². The molecular weight excluding hydrogens is 350 g/mol. The van der Waals surface area contributed by atoms with Crippen LogP contribution in [0.2, 0.25) is 0 Å². The highest BCUT2D eigenvalue weighted by atomic mass is 32.1. The maximum atomic E-state index is 12.4. The number of nitrogens with one attached hydrogen (secondary N) is 1. The van der Waals surface area contributed by atoms with Crippen molar-refractivity contribution in [2.45, 2.75) is 34.1 Å². The van der Waals surface area contributed by atoms with Crippen LogP contribution in [0.5, 0.6) is 0 Å². The molecular formula is C18H23N5O2S. The molecule has 1 amide bonds. The Labute approximate surface area is 156 Å². The van der Waals surface area contributed by atoms with Crippen LogP contribution in [0.4, 0.5) is 11.6 Å². The molecule has 1 N–H and O–H groups in total. The first-order chi connectivity index (χ1) is 12.3. The SMILES string of the molecule is Cc1nc(N(C)CC(=O)Nc2cc(C)on2)c2c(CC(C)C)csc2n1. The van der Waals surface area contributed by atoms with Gasteiger partial charge in [-0.1, -0.05) is 19.0 Å². The number of aromatic nitrogens is 3. The van der Waals surface area contributed by atoms with E-state index in [1.807, 2.05) is 18.9 Å². The third-order valence-electron chi connectivity index (χ3n) is 3.87. The molecule has 0 bridgehead atoms. The van der Waals surface area contributed by atoms with Crippen LogP contribution >= 0.6 is 11.3 Å². The van der Waals surface area contributed by atoms with Gasteiger partial charge in [0.1, 0.15) is 22.2 Å². The Balaban J connectivity index is 1.85. The normalized spacial score (nSPS) is 11.3. The lowest BCUT2D eigenvalue weighted by Gasteiger charge is -2.19. The van der Waals surface area contributed by atoms with E-state index in [1.165, 1.54) is 5.56 Å². The highest BCUT2D eigenvalue weighted by Crippen LogP contribution is 2.33. The lowest BCUT2D eigenvalue weighted by atomic mass is 10.0. The van der Waals surface area contributed by atoms with Crippen molar-refractivity contribution in [3.63, 3.8) is 0 Å². The van der Waals surface area contributed by atoms with Crippen molar-refractivity contribution >= 4 is 39.1 Å². The highest BCUT2D eigenvalue weighted by molar-refractivity contribution is 7.17. The number of fused-ring (bicyclic) bond motifs is 1. The smallest absolute Gasteiger partial charge is 0.245 e. The number of aryl methyl sites for hydroxylation is 2. The Hall–Kier alpha value is -2.48. The first-order valence-electron chi connectivity index (χ1n) is 8.52. The minimum absolute atomic E-state index is 0.161. The van der Waals surface area contributed by atoms with E-state index in [-0.39, 0.29) is 12.5 Å². The maximum Gasteiger partial charge on any atom is 0.245 e. The third kappa shape index (κ3) is 4.01. The van der Waals surface area contributed by atoms with Gasteiger partial charge in [-0.05, 0) is 37.1 Å². The quantitative estimate of drug-likeness (QED) is 0.711. The van der Waals surface area contributed by atoms with E-state index < -0.39 is 0 Å². The predicted octanol–water partition coefficient (Wildman–Crippen LogP) is 3.57. The van der Waals surface area contributed by atoms with Crippen LogP contribution in [0.1, 0.15) is 31.0 Å². The summed E-state index contributed by atoms with van der Waals surface area (Å²) in [6, 6.07) is 1.69. The largest absolute Gasteiger partial charge is 0.360 e. The standard InChI is InChI=1S/C18H23N5O2S/c1-10(2)6-13-9-26-18-16(13)17(19-12(4)20-18)23(5)8-15(24)21-14-7-11(3)25-22-14/h7,9-10H,6,8H2,1-5H3,(H,21,22,24). The predicted molar refractivity (Wildman–Crippen MR) is 104 cm³/mol. The summed E-state index contributed by atoms with van der Waals surface area (Å²) in [5.41, 5.74) is 1.23. The lowest BCUT2D eigenvalue weighted by Crippen LogP contribution is -2.31. The van der Waals surface area contributed by atoms with Crippen LogP contribution in [0.15, 0.2) is 16.0 Å². The van der Waals surface area contributed by atoms with Crippen molar-refractivity contribution in [2.24, 2.45) is 5.92 Å². The van der Waals surface area contributed by atoms with Crippen molar-refractivity contribution < 1.29 is 9.32 Å². The van der Waals surface area contributed by atoms with Crippen LogP contribution in [-0.4, -0.2) is 34.6 Å². The lowest BCUT2D eigenvalue weighted by molar-refractivity contribution is -0.115. The first kappa shape index (κ1) is 18.3. The topological polar surface area (TPSA) is 84.2 Å². The zero-order valence-corrected chi connectivity index (χ0v) is 16.5. The van der Waals surface area contributed by atoms with Gasteiger partial charge in [0.2, 0.25) is 5.91 Å². The number of anilines is 2. The zero-order chi connectivity index (χ0) is 18.8. The summed E-state index contributed by atoms with van der Waals surface area (Å²) in [7, 11) is 1.87. The van der Waals surface area contributed by atoms with Gasteiger partial charge in [-0.25, -0.2) is 9.97 Å². The molecule has 0 saturated carbocycles. The molecule has 0 aliphatic carbocycles. The minimum atomic E-state index is -0.175. The van der Waals surface area contributed by atoms with Gasteiger partial charge < -0.3 is 14.7 Å². The molecule has 138 valence electrons. The van der Waals surface area contributed by atoms with Gasteiger partial charge in [-0.15, -0.1) is 11.3 Å². The van der Waals surface area contributed by atoms with Crippen LogP contribution in [0.3, 0.4) is 0 Å². The molecule has 0 aromatic carbocycles. The van der Waals surface area contributed by atoms with Crippen molar-refractivity contribution in [2.75, 3.05) is 23.8 Å². The van der Waals surface area contributed by atoms with Gasteiger partial charge in [0, 0.05) is 13.1 Å². The van der Waals surface area contributed by atoms with Gasteiger partial charge in [-0.3, -0.25) is 4.79 Å². The van der Waals surface area contributed by atoms with Gasteiger partial charge in [0.15, 0.2) is 5.82 Å². The van der Waals surface area contributed by atoms with Crippen molar-refractivity contribution in [1.82, 2.24) is 15.1 Å². The molecule has 3 aromatic heterocycles. The summed E-state index contributed by atoms with van der Waals surface area (Å²) in [6.45, 7) is 8.19. The molecule has 26 heavy (non-hydrogen) atoms. The summed E-state index contributed by atoms with van der Waals surface area (Å²) in [5.74, 6) is 2.91. The van der Waals surface area contributed by atoms with Crippen molar-refractivity contribution in [1.29, 1.82) is 0 Å². The fraction of sp³-hybridized carbons (Fsp3) is 0.444. The molecule has 3 aromatic rings. The summed E-state index contributed by atoms with van der Waals surface area (Å²) < 4.78 is 4.97. The molecule has 3 rings (SSSR count). The summed E-state index contributed by atoms with van der Waals surface area (Å²) in [4.78, 5) is 24.3. The average Bonchev–Trinajstić information content (AvgIpc) is 3.12. The van der Waals surface area contributed by atoms with Gasteiger partial charge in [0.05, 0.1) is 11.9 Å². The Morgan fingerprint density at radius 3 is 2.77 bits per heavy atom. The minimum Gasteiger partial charge on any atom is -0.360 e. The van der Waals surface area contributed by atoms with E-state index in [0.717, 1.165) is 22.5 Å². The average molecular weight is 373 g/mol. The number of carbonyl (C=O) groups excluding carboxylic acids is 1. The van der Waals surface area contributed by atoms with E-state index in [0.29, 0.717) is 23.3 Å². The van der Waals surface area contributed by atoms with E-state index in [2.05, 4.69) is 39.7 Å². The second kappa shape index (κ2) is 7.41. The second-order valence-corrected chi connectivity index (χ2v) is 7.72. The molecule has 0 fully saturated rings. The Bertz CT molecular complexity index is 931. The van der Waals surface area contributed by atoms with Crippen molar-refractivity contribution in [3.05, 3.63) is 28.6 Å². The van der Waals surface area contributed by atoms with E-state index in [9.17, 15) is 4.79 Å². The van der Waals surface area contributed by atoms with Gasteiger partial charge >= 0.3 is 0 Å². The molecule has 0 aliphatic heterocycles. The number of nitrogens with zero attached hydrogens (tertiary/aromatic N) is 4. The van der Waals surface area contributed by atoms with Crippen LogP contribution in [0.25, 0.3) is 10.2 Å². The van der Waals surface area contributed by atoms with Gasteiger partial charge in [0.25, 0.3) is 0 Å². The number of hydrogen-bond acceptors (Lipinski definition) is 7. The number of hydrogen-bond donors (Lipinski definition) is 1.